The number of hydrogen-bond donors (Lipinski definition) is 1. The third-order valence-electron chi connectivity index (χ3n) is 3.11. The van der Waals surface area contributed by atoms with Gasteiger partial charge in [0.2, 0.25) is 0 Å². The first-order valence-corrected chi connectivity index (χ1v) is 7.24. The minimum absolute atomic E-state index is 0.274. The third kappa shape index (κ3) is 4.31. The number of aromatic nitrogens is 1. The fourth-order valence-electron chi connectivity index (χ4n) is 2.09. The monoisotopic (exact) mass is 322 g/mol. The van der Waals surface area contributed by atoms with Crippen LogP contribution in [-0.4, -0.2) is 11.1 Å². The first-order valence-electron chi connectivity index (χ1n) is 6.45. The van der Waals surface area contributed by atoms with E-state index in [1.807, 2.05) is 6.07 Å². The zero-order chi connectivity index (χ0) is 13.7. The van der Waals surface area contributed by atoms with Gasteiger partial charge in [0.25, 0.3) is 0 Å². The molecule has 100 valence electrons. The summed E-state index contributed by atoms with van der Waals surface area (Å²) in [5, 5.41) is 11.0. The molecule has 2 aromatic rings. The number of benzene rings is 1. The lowest BCUT2D eigenvalue weighted by Crippen LogP contribution is -2.32. The van der Waals surface area contributed by atoms with Crippen molar-refractivity contribution in [2.45, 2.75) is 32.2 Å². The Labute approximate surface area is 121 Å². The van der Waals surface area contributed by atoms with E-state index in [2.05, 4.69) is 51.1 Å². The van der Waals surface area contributed by atoms with Gasteiger partial charge < -0.3 is 5.11 Å². The molecule has 0 fully saturated rings. The second kappa shape index (κ2) is 6.66. The molecule has 0 saturated heterocycles. The summed E-state index contributed by atoms with van der Waals surface area (Å²) >= 11 is 3.47. The molecule has 0 amide bonds. The van der Waals surface area contributed by atoms with Gasteiger partial charge >= 0.3 is 5.97 Å². The van der Waals surface area contributed by atoms with Gasteiger partial charge in [0.05, 0.1) is 0 Å². The molecule has 0 aliphatic heterocycles. The molecule has 4 heteroatoms. The number of carboxylic acids is 1. The summed E-state index contributed by atoms with van der Waals surface area (Å²) < 4.78 is 3.25. The molecule has 0 aliphatic carbocycles. The van der Waals surface area contributed by atoms with Gasteiger partial charge in [0.15, 0.2) is 12.4 Å². The maximum atomic E-state index is 10.4. The lowest BCUT2D eigenvalue weighted by atomic mass is 10.1. The molecule has 0 radical (unpaired) electrons. The van der Waals surface area contributed by atoms with E-state index < -0.39 is 5.97 Å². The smallest absolute Gasteiger partial charge is 0.303 e. The van der Waals surface area contributed by atoms with Crippen LogP contribution in [0.25, 0.3) is 10.8 Å². The third-order valence-corrected chi connectivity index (χ3v) is 3.60. The van der Waals surface area contributed by atoms with E-state index in [4.69, 9.17) is 5.11 Å². The number of halogens is 1. The van der Waals surface area contributed by atoms with E-state index in [9.17, 15) is 4.79 Å². The lowest BCUT2D eigenvalue weighted by Gasteiger charge is -2.00. The van der Waals surface area contributed by atoms with E-state index in [1.165, 1.54) is 10.8 Å². The predicted octanol–water partition coefficient (Wildman–Crippen LogP) is 3.53. The van der Waals surface area contributed by atoms with Crippen LogP contribution in [-0.2, 0) is 11.3 Å². The SMILES string of the molecule is O=C(O)CCCCC[n+]1ccc2cc(Br)ccc2c1. The molecular weight excluding hydrogens is 306 g/mol. The average Bonchev–Trinajstić information content (AvgIpc) is 2.38. The minimum atomic E-state index is -0.705. The fraction of sp³-hybridized carbons (Fsp3) is 0.333. The van der Waals surface area contributed by atoms with Gasteiger partial charge in [-0.3, -0.25) is 4.79 Å². The maximum Gasteiger partial charge on any atom is 0.303 e. The molecule has 2 rings (SSSR count). The van der Waals surface area contributed by atoms with Crippen LogP contribution in [0.1, 0.15) is 25.7 Å². The van der Waals surface area contributed by atoms with Crippen LogP contribution < -0.4 is 4.57 Å². The van der Waals surface area contributed by atoms with Crippen LogP contribution in [0, 0.1) is 0 Å². The number of fused-ring (bicyclic) bond motifs is 1. The highest BCUT2D eigenvalue weighted by Crippen LogP contribution is 2.17. The Morgan fingerprint density at radius 3 is 2.79 bits per heavy atom. The summed E-state index contributed by atoms with van der Waals surface area (Å²) in [5.74, 6) is -0.705. The first-order chi connectivity index (χ1) is 9.15. The Balaban J connectivity index is 1.91. The Morgan fingerprint density at radius 2 is 2.00 bits per heavy atom. The topological polar surface area (TPSA) is 41.2 Å². The number of unbranched alkanes of at least 4 members (excludes halogenated alkanes) is 2. The lowest BCUT2D eigenvalue weighted by molar-refractivity contribution is -0.696. The largest absolute Gasteiger partial charge is 0.481 e. The van der Waals surface area contributed by atoms with Crippen molar-refractivity contribution in [1.82, 2.24) is 0 Å². The molecule has 0 saturated carbocycles. The molecule has 19 heavy (non-hydrogen) atoms. The minimum Gasteiger partial charge on any atom is -0.481 e. The number of carbonyl (C=O) groups is 1. The highest BCUT2D eigenvalue weighted by atomic mass is 79.9. The molecule has 1 aromatic carbocycles. The molecule has 3 nitrogen and oxygen atoms in total. The van der Waals surface area contributed by atoms with Gasteiger partial charge in [-0.2, -0.15) is 0 Å². The normalized spacial score (nSPS) is 10.8. The molecule has 0 aliphatic rings. The van der Waals surface area contributed by atoms with Crippen molar-refractivity contribution in [2.24, 2.45) is 0 Å². The number of nitrogens with zero attached hydrogens (tertiary/aromatic N) is 1. The van der Waals surface area contributed by atoms with Crippen molar-refractivity contribution >= 4 is 32.7 Å². The van der Waals surface area contributed by atoms with Gasteiger partial charge in [-0.25, -0.2) is 4.57 Å². The van der Waals surface area contributed by atoms with Crippen LogP contribution >= 0.6 is 15.9 Å². The van der Waals surface area contributed by atoms with E-state index in [-0.39, 0.29) is 6.42 Å². The van der Waals surface area contributed by atoms with Crippen LogP contribution in [0.15, 0.2) is 41.1 Å². The number of carboxylic acid groups (broad SMARTS) is 1. The van der Waals surface area contributed by atoms with E-state index in [1.54, 1.807) is 0 Å². The number of rotatable bonds is 6. The van der Waals surface area contributed by atoms with Crippen LogP contribution in [0.5, 0.6) is 0 Å². The van der Waals surface area contributed by atoms with E-state index in [0.717, 1.165) is 30.3 Å². The molecule has 1 N–H and O–H groups in total. The summed E-state index contributed by atoms with van der Waals surface area (Å²) in [4.78, 5) is 10.4. The Morgan fingerprint density at radius 1 is 1.16 bits per heavy atom. The summed E-state index contributed by atoms with van der Waals surface area (Å²) in [6.45, 7) is 0.936. The van der Waals surface area contributed by atoms with Crippen LogP contribution in [0.3, 0.4) is 0 Å². The zero-order valence-electron chi connectivity index (χ0n) is 10.7. The van der Waals surface area contributed by atoms with Crippen molar-refractivity contribution in [3.63, 3.8) is 0 Å². The van der Waals surface area contributed by atoms with Crippen molar-refractivity contribution in [1.29, 1.82) is 0 Å². The Kier molecular flexibility index (Phi) is 4.91. The first kappa shape index (κ1) is 14.0. The van der Waals surface area contributed by atoms with Gasteiger partial charge in [-0.1, -0.05) is 15.9 Å². The quantitative estimate of drug-likeness (QED) is 0.653. The number of pyridine rings is 1. The van der Waals surface area contributed by atoms with Crippen molar-refractivity contribution < 1.29 is 14.5 Å². The maximum absolute atomic E-state index is 10.4. The van der Waals surface area contributed by atoms with Gasteiger partial charge in [-0.15, -0.1) is 0 Å². The highest BCUT2D eigenvalue weighted by molar-refractivity contribution is 9.10. The number of aryl methyl sites for hydroxylation is 1. The molecule has 0 atom stereocenters. The van der Waals surface area contributed by atoms with Crippen LogP contribution in [0.2, 0.25) is 0 Å². The van der Waals surface area contributed by atoms with Crippen molar-refractivity contribution in [2.75, 3.05) is 0 Å². The Hall–Kier alpha value is -1.42. The zero-order valence-corrected chi connectivity index (χ0v) is 12.3. The Bertz CT molecular complexity index is 583. The van der Waals surface area contributed by atoms with Gasteiger partial charge in [0, 0.05) is 28.8 Å². The molecule has 0 bridgehead atoms. The fourth-order valence-corrected chi connectivity index (χ4v) is 2.47. The predicted molar refractivity (Wildman–Crippen MR) is 77.9 cm³/mol. The summed E-state index contributed by atoms with van der Waals surface area (Å²) in [6.07, 6.45) is 7.22. The standard InChI is InChI=1S/C15H16BrNO2/c16-14-6-5-13-11-17(9-7-12(13)10-14)8-3-1-2-4-15(18)19/h5-7,9-11H,1-4,8H2/p+1. The summed E-state index contributed by atoms with van der Waals surface area (Å²) in [7, 11) is 0. The molecule has 1 aromatic heterocycles. The number of hydrogen-bond acceptors (Lipinski definition) is 1. The van der Waals surface area contributed by atoms with Crippen molar-refractivity contribution in [3.8, 4) is 0 Å². The van der Waals surface area contributed by atoms with Crippen molar-refractivity contribution in [3.05, 3.63) is 41.1 Å². The summed E-state index contributed by atoms with van der Waals surface area (Å²) in [6, 6.07) is 8.35. The average molecular weight is 323 g/mol. The number of aliphatic carboxylic acids is 1. The highest BCUT2D eigenvalue weighted by Gasteiger charge is 2.04. The molecular formula is C15H17BrNO2+. The van der Waals surface area contributed by atoms with Gasteiger partial charge in [-0.05, 0) is 36.4 Å². The van der Waals surface area contributed by atoms with Crippen LogP contribution in [0.4, 0.5) is 0 Å². The van der Waals surface area contributed by atoms with Gasteiger partial charge in [0.1, 0.15) is 6.54 Å². The molecule has 0 spiro atoms. The molecule has 1 heterocycles. The second-order valence-corrected chi connectivity index (χ2v) is 5.58. The molecule has 0 unspecified atom stereocenters. The van der Waals surface area contributed by atoms with E-state index >= 15 is 0 Å². The van der Waals surface area contributed by atoms with E-state index in [0.29, 0.717) is 0 Å². The second-order valence-electron chi connectivity index (χ2n) is 4.66. The summed E-state index contributed by atoms with van der Waals surface area (Å²) in [5.41, 5.74) is 0.